The van der Waals surface area contributed by atoms with E-state index in [1.165, 1.54) is 0 Å². The summed E-state index contributed by atoms with van der Waals surface area (Å²) >= 11 is 0. The zero-order valence-electron chi connectivity index (χ0n) is 39.6. The number of ether oxygens (including phenoxy) is 4. The molecule has 0 spiro atoms. The maximum absolute atomic E-state index is 13.8. The number of amides is 4. The van der Waals surface area contributed by atoms with Crippen LogP contribution in [0.1, 0.15) is 117 Å². The minimum absolute atomic E-state index is 0.0738. The lowest BCUT2D eigenvalue weighted by molar-refractivity contribution is -0.159. The smallest absolute Gasteiger partial charge is 0.407 e. The van der Waals surface area contributed by atoms with E-state index in [4.69, 9.17) is 18.9 Å². The van der Waals surface area contributed by atoms with Gasteiger partial charge in [0.05, 0.1) is 5.52 Å². The van der Waals surface area contributed by atoms with Gasteiger partial charge < -0.3 is 40.2 Å². The van der Waals surface area contributed by atoms with Crippen molar-refractivity contribution >= 4 is 46.8 Å². The highest BCUT2D eigenvalue weighted by atomic mass is 16.6. The molecule has 1 aromatic heterocycles. The topological polar surface area (TPSA) is 200 Å². The highest BCUT2D eigenvalue weighted by molar-refractivity contribution is 5.88. The predicted octanol–water partition coefficient (Wildman–Crippen LogP) is 7.81. The lowest BCUT2D eigenvalue weighted by Gasteiger charge is -2.27. The van der Waals surface area contributed by atoms with Crippen molar-refractivity contribution in [3.8, 4) is 11.1 Å². The third kappa shape index (κ3) is 15.6. The Hall–Kier alpha value is -6.51. The van der Waals surface area contributed by atoms with Crippen LogP contribution in [0.5, 0.6) is 0 Å². The van der Waals surface area contributed by atoms with Gasteiger partial charge in [0.2, 0.25) is 5.91 Å². The summed E-state index contributed by atoms with van der Waals surface area (Å²) in [6.07, 6.45) is 1.66. The van der Waals surface area contributed by atoms with Crippen LogP contribution in [-0.2, 0) is 44.5 Å². The van der Waals surface area contributed by atoms with Crippen molar-refractivity contribution in [3.63, 3.8) is 0 Å². The number of esters is 3. The van der Waals surface area contributed by atoms with Gasteiger partial charge in [-0.2, -0.15) is 0 Å². The van der Waals surface area contributed by atoms with E-state index in [0.717, 1.165) is 38.7 Å². The molecule has 66 heavy (non-hydrogen) atoms. The van der Waals surface area contributed by atoms with Gasteiger partial charge in [-0.3, -0.25) is 14.6 Å². The molecule has 0 saturated carbocycles. The minimum Gasteiger partial charge on any atom is -0.460 e. The number of nitrogens with one attached hydrogen (secondary N) is 4. The Morgan fingerprint density at radius 3 is 1.77 bits per heavy atom. The van der Waals surface area contributed by atoms with E-state index in [2.05, 4.69) is 38.4 Å². The Morgan fingerprint density at radius 2 is 1.18 bits per heavy atom. The largest absolute Gasteiger partial charge is 0.460 e. The van der Waals surface area contributed by atoms with Gasteiger partial charge in [-0.15, -0.1) is 0 Å². The van der Waals surface area contributed by atoms with Gasteiger partial charge in [-0.1, -0.05) is 66.7 Å². The Bertz CT molecular complexity index is 2320. The first-order valence-electron chi connectivity index (χ1n) is 22.5. The minimum atomic E-state index is -1.23. The number of alkyl carbamates (subject to hydrolysis) is 1. The van der Waals surface area contributed by atoms with Crippen LogP contribution in [0.4, 0.5) is 9.59 Å². The lowest BCUT2D eigenvalue weighted by Crippen LogP contribution is -2.53. The average Bonchev–Trinajstić information content (AvgIpc) is 3.55. The number of hydrogen-bond donors (Lipinski definition) is 4. The van der Waals surface area contributed by atoms with E-state index in [1.54, 1.807) is 68.5 Å². The number of para-hydroxylation sites is 1. The van der Waals surface area contributed by atoms with Gasteiger partial charge in [0, 0.05) is 36.9 Å². The van der Waals surface area contributed by atoms with Crippen molar-refractivity contribution in [2.24, 2.45) is 0 Å². The number of nitrogens with zero attached hydrogens (tertiary/aromatic N) is 1. The van der Waals surface area contributed by atoms with Crippen LogP contribution in [0, 0.1) is 0 Å². The van der Waals surface area contributed by atoms with E-state index in [0.29, 0.717) is 12.8 Å². The normalized spacial score (nSPS) is 13.8. The first-order chi connectivity index (χ1) is 31.0. The van der Waals surface area contributed by atoms with E-state index < -0.39 is 70.9 Å². The molecule has 1 aliphatic carbocycles. The van der Waals surface area contributed by atoms with E-state index >= 15 is 0 Å². The third-order valence-electron chi connectivity index (χ3n) is 10.3. The summed E-state index contributed by atoms with van der Waals surface area (Å²) < 4.78 is 22.3. The average molecular weight is 908 g/mol. The molecule has 3 aromatic carbocycles. The molecule has 0 fully saturated rings. The van der Waals surface area contributed by atoms with Gasteiger partial charge in [-0.05, 0) is 128 Å². The van der Waals surface area contributed by atoms with Crippen molar-refractivity contribution in [1.82, 2.24) is 26.3 Å². The highest BCUT2D eigenvalue weighted by Crippen LogP contribution is 2.44. The number of urea groups is 1. The molecule has 1 heterocycles. The van der Waals surface area contributed by atoms with Crippen molar-refractivity contribution in [2.75, 3.05) is 13.2 Å². The maximum atomic E-state index is 13.8. The fourth-order valence-electron chi connectivity index (χ4n) is 7.52. The van der Waals surface area contributed by atoms with E-state index in [-0.39, 0.29) is 44.8 Å². The van der Waals surface area contributed by atoms with Gasteiger partial charge in [0.25, 0.3) is 0 Å². The molecule has 4 N–H and O–H groups in total. The number of carbonyl (C=O) groups is 6. The number of rotatable bonds is 18. The van der Waals surface area contributed by atoms with Crippen LogP contribution in [0.15, 0.2) is 85.1 Å². The Balaban J connectivity index is 1.21. The summed E-state index contributed by atoms with van der Waals surface area (Å²) in [4.78, 5) is 84.3. The second kappa shape index (κ2) is 22.1. The van der Waals surface area contributed by atoms with Crippen LogP contribution in [0.3, 0.4) is 0 Å². The molecule has 0 radical (unpaired) electrons. The number of benzene rings is 3. The summed E-state index contributed by atoms with van der Waals surface area (Å²) in [5, 5.41) is 11.8. The molecule has 0 bridgehead atoms. The van der Waals surface area contributed by atoms with Gasteiger partial charge in [-0.25, -0.2) is 19.2 Å². The van der Waals surface area contributed by atoms with Gasteiger partial charge in [0.1, 0.15) is 41.5 Å². The fraction of sp³-hybridized carbons (Fsp3) is 0.471. The first kappa shape index (κ1) is 50.5. The molecule has 15 nitrogen and oxygen atoms in total. The quantitative estimate of drug-likeness (QED) is 0.0431. The summed E-state index contributed by atoms with van der Waals surface area (Å²) in [7, 11) is 0. The molecule has 0 unspecified atom stereocenters. The van der Waals surface area contributed by atoms with Crippen molar-refractivity contribution in [3.05, 3.63) is 102 Å². The molecule has 4 aromatic rings. The number of hydrogen-bond acceptors (Lipinski definition) is 11. The summed E-state index contributed by atoms with van der Waals surface area (Å²) in [5.74, 6) is -2.62. The Labute approximate surface area is 387 Å². The SMILES string of the molecule is CC(C)(C)OC(=O)CC[C@H](NC(=O)N[C@@H](CCCCNC(=O)[C@H](Cc1cnc2ccccc2c1)NC(=O)OCC1c2ccccc2-c2ccccc21)C(=O)OC(C)(C)C)C(=O)OC(C)(C)C. The third-order valence-corrected chi connectivity index (χ3v) is 10.3. The van der Waals surface area contributed by atoms with E-state index in [1.807, 2.05) is 66.7 Å². The van der Waals surface area contributed by atoms with Crippen LogP contribution in [-0.4, -0.2) is 89.0 Å². The summed E-state index contributed by atoms with van der Waals surface area (Å²) in [5.41, 5.74) is 3.35. The standard InChI is InChI=1S/C51H65N5O10/c1-49(2,3)64-43(57)26-25-41(46(60)66-51(7,8)9)55-47(61)54-40(45(59)65-50(4,5)6)24-16-17-27-52-44(58)42(29-32-28-33-18-10-15-23-39(33)53-30-32)56-48(62)63-31-38-36-21-13-11-19-34(36)35-20-12-14-22-37(35)38/h10-15,18-23,28,30,38,40-42H,16-17,24-27,29,31H2,1-9H3,(H,52,58)(H,56,62)(H2,54,55,61)/t40-,41-,42-/m0/s1. The van der Waals surface area contributed by atoms with Gasteiger partial charge >= 0.3 is 30.0 Å². The molecule has 354 valence electrons. The summed E-state index contributed by atoms with van der Waals surface area (Å²) in [6, 6.07) is 21.4. The molecule has 3 atom stereocenters. The van der Waals surface area contributed by atoms with Crippen LogP contribution in [0.2, 0.25) is 0 Å². The second-order valence-electron chi connectivity index (χ2n) is 19.5. The molecule has 15 heteroatoms. The predicted molar refractivity (Wildman–Crippen MR) is 250 cm³/mol. The summed E-state index contributed by atoms with van der Waals surface area (Å²) in [6.45, 7) is 15.6. The molecule has 0 saturated heterocycles. The van der Waals surface area contributed by atoms with Gasteiger partial charge in [0.15, 0.2) is 0 Å². The molecule has 4 amide bonds. The van der Waals surface area contributed by atoms with Crippen LogP contribution in [0.25, 0.3) is 22.0 Å². The molecule has 1 aliphatic rings. The van der Waals surface area contributed by atoms with Crippen LogP contribution < -0.4 is 21.3 Å². The highest BCUT2D eigenvalue weighted by Gasteiger charge is 2.33. The number of aromatic nitrogens is 1. The van der Waals surface area contributed by atoms with Crippen molar-refractivity contribution < 1.29 is 47.7 Å². The van der Waals surface area contributed by atoms with Crippen molar-refractivity contribution in [1.29, 1.82) is 0 Å². The molecule has 5 rings (SSSR count). The fourth-order valence-corrected chi connectivity index (χ4v) is 7.52. The number of carbonyl (C=O) groups excluding carboxylic acids is 6. The Morgan fingerprint density at radius 1 is 0.636 bits per heavy atom. The Kier molecular flexibility index (Phi) is 16.9. The zero-order chi connectivity index (χ0) is 48.2. The lowest BCUT2D eigenvalue weighted by atomic mass is 9.98. The number of fused-ring (bicyclic) bond motifs is 4. The monoisotopic (exact) mass is 907 g/mol. The second-order valence-corrected chi connectivity index (χ2v) is 19.5. The zero-order valence-corrected chi connectivity index (χ0v) is 39.6. The molecular formula is C51H65N5O10. The maximum Gasteiger partial charge on any atom is 0.407 e. The number of pyridine rings is 1. The first-order valence-corrected chi connectivity index (χ1v) is 22.5. The van der Waals surface area contributed by atoms with Crippen LogP contribution >= 0.6 is 0 Å². The molecular weight excluding hydrogens is 843 g/mol. The number of unbranched alkanes of at least 4 members (excludes halogenated alkanes) is 1. The van der Waals surface area contributed by atoms with E-state index in [9.17, 15) is 28.8 Å². The molecule has 0 aliphatic heterocycles. The van der Waals surface area contributed by atoms with Crippen molar-refractivity contribution in [2.45, 2.75) is 142 Å².